The fourth-order valence-corrected chi connectivity index (χ4v) is 1.08. The minimum absolute atomic E-state index is 0.202. The van der Waals surface area contributed by atoms with Gasteiger partial charge in [0, 0.05) is 13.0 Å². The van der Waals surface area contributed by atoms with E-state index in [1.54, 1.807) is 0 Å². The molecule has 0 saturated carbocycles. The Balaban J connectivity index is 2.13. The molecule has 3 heteroatoms. The largest absolute Gasteiger partial charge is 0.376 e. The van der Waals surface area contributed by atoms with Crippen LogP contribution < -0.4 is 0 Å². The molecule has 10 heavy (non-hydrogen) atoms. The minimum atomic E-state index is -0.559. The molecule has 60 valence electrons. The SMILES string of the molecule is CCO[C@H]1CC[C@H](O)OC1. The first-order chi connectivity index (χ1) is 4.83. The lowest BCUT2D eigenvalue weighted by molar-refractivity contribution is -0.166. The lowest BCUT2D eigenvalue weighted by Gasteiger charge is -2.25. The number of hydrogen-bond acceptors (Lipinski definition) is 3. The van der Waals surface area contributed by atoms with Gasteiger partial charge in [0.1, 0.15) is 0 Å². The van der Waals surface area contributed by atoms with E-state index in [4.69, 9.17) is 14.6 Å². The number of rotatable bonds is 2. The van der Waals surface area contributed by atoms with Gasteiger partial charge in [-0.25, -0.2) is 0 Å². The predicted octanol–water partition coefficient (Wildman–Crippen LogP) is 0.520. The Morgan fingerprint density at radius 3 is 2.90 bits per heavy atom. The lowest BCUT2D eigenvalue weighted by atomic mass is 10.1. The van der Waals surface area contributed by atoms with Crippen molar-refractivity contribution in [2.45, 2.75) is 32.2 Å². The number of aliphatic hydroxyl groups excluding tert-OH is 1. The van der Waals surface area contributed by atoms with Crippen LogP contribution in [-0.4, -0.2) is 30.7 Å². The van der Waals surface area contributed by atoms with Gasteiger partial charge < -0.3 is 14.6 Å². The van der Waals surface area contributed by atoms with Crippen LogP contribution in [-0.2, 0) is 9.47 Å². The van der Waals surface area contributed by atoms with E-state index < -0.39 is 6.29 Å². The van der Waals surface area contributed by atoms with Gasteiger partial charge in [0.05, 0.1) is 12.7 Å². The van der Waals surface area contributed by atoms with Crippen LogP contribution in [0.2, 0.25) is 0 Å². The number of ether oxygens (including phenoxy) is 2. The van der Waals surface area contributed by atoms with Crippen LogP contribution >= 0.6 is 0 Å². The molecule has 1 saturated heterocycles. The highest BCUT2D eigenvalue weighted by molar-refractivity contribution is 4.63. The quantitative estimate of drug-likeness (QED) is 0.617. The smallest absolute Gasteiger partial charge is 0.154 e. The molecule has 1 aliphatic heterocycles. The van der Waals surface area contributed by atoms with Crippen LogP contribution in [0.15, 0.2) is 0 Å². The zero-order chi connectivity index (χ0) is 7.40. The van der Waals surface area contributed by atoms with Crippen LogP contribution in [0, 0.1) is 0 Å². The van der Waals surface area contributed by atoms with Gasteiger partial charge in [-0.15, -0.1) is 0 Å². The predicted molar refractivity (Wildman–Crippen MR) is 36.6 cm³/mol. The van der Waals surface area contributed by atoms with E-state index in [1.165, 1.54) is 0 Å². The molecule has 0 unspecified atom stereocenters. The van der Waals surface area contributed by atoms with Gasteiger partial charge in [0.15, 0.2) is 6.29 Å². The summed E-state index contributed by atoms with van der Waals surface area (Å²) in [6, 6.07) is 0. The Labute approximate surface area is 60.9 Å². The van der Waals surface area contributed by atoms with E-state index >= 15 is 0 Å². The minimum Gasteiger partial charge on any atom is -0.376 e. The molecule has 1 fully saturated rings. The first-order valence-electron chi connectivity index (χ1n) is 3.74. The third-order valence-electron chi connectivity index (χ3n) is 1.61. The number of hydrogen-bond donors (Lipinski definition) is 1. The third kappa shape index (κ3) is 2.25. The van der Waals surface area contributed by atoms with Crippen LogP contribution in [0.1, 0.15) is 19.8 Å². The molecular formula is C7H14O3. The molecule has 0 aromatic heterocycles. The molecule has 0 aliphatic carbocycles. The summed E-state index contributed by atoms with van der Waals surface area (Å²) in [5.74, 6) is 0. The Kier molecular flexibility index (Phi) is 3.12. The second-order valence-corrected chi connectivity index (χ2v) is 2.44. The zero-order valence-corrected chi connectivity index (χ0v) is 6.25. The first kappa shape index (κ1) is 7.98. The Morgan fingerprint density at radius 1 is 1.60 bits per heavy atom. The van der Waals surface area contributed by atoms with E-state index in [9.17, 15) is 0 Å². The van der Waals surface area contributed by atoms with Crippen LogP contribution in [0.4, 0.5) is 0 Å². The van der Waals surface area contributed by atoms with Gasteiger partial charge in [-0.1, -0.05) is 0 Å². The van der Waals surface area contributed by atoms with Gasteiger partial charge >= 0.3 is 0 Å². The molecule has 1 heterocycles. The highest BCUT2D eigenvalue weighted by Crippen LogP contribution is 2.13. The van der Waals surface area contributed by atoms with E-state index in [0.29, 0.717) is 13.0 Å². The van der Waals surface area contributed by atoms with E-state index in [-0.39, 0.29) is 6.10 Å². The summed E-state index contributed by atoms with van der Waals surface area (Å²) in [6.07, 6.45) is 1.25. The summed E-state index contributed by atoms with van der Waals surface area (Å²) in [5, 5.41) is 8.92. The highest BCUT2D eigenvalue weighted by atomic mass is 16.6. The highest BCUT2D eigenvalue weighted by Gasteiger charge is 2.19. The average molecular weight is 146 g/mol. The fourth-order valence-electron chi connectivity index (χ4n) is 1.08. The van der Waals surface area contributed by atoms with E-state index in [1.807, 2.05) is 6.92 Å². The van der Waals surface area contributed by atoms with Gasteiger partial charge in [-0.3, -0.25) is 0 Å². The van der Waals surface area contributed by atoms with Gasteiger partial charge in [-0.2, -0.15) is 0 Å². The molecule has 0 radical (unpaired) electrons. The molecular weight excluding hydrogens is 132 g/mol. The Bertz CT molecular complexity index is 86.9. The summed E-state index contributed by atoms with van der Waals surface area (Å²) >= 11 is 0. The van der Waals surface area contributed by atoms with Gasteiger partial charge in [-0.05, 0) is 13.3 Å². The molecule has 0 bridgehead atoms. The van der Waals surface area contributed by atoms with Crippen molar-refractivity contribution in [2.24, 2.45) is 0 Å². The number of aliphatic hydroxyl groups is 1. The second-order valence-electron chi connectivity index (χ2n) is 2.44. The molecule has 0 spiro atoms. The van der Waals surface area contributed by atoms with E-state index in [0.717, 1.165) is 13.0 Å². The van der Waals surface area contributed by atoms with Crippen molar-refractivity contribution >= 4 is 0 Å². The Morgan fingerprint density at radius 2 is 2.40 bits per heavy atom. The monoisotopic (exact) mass is 146 g/mol. The van der Waals surface area contributed by atoms with Crippen molar-refractivity contribution < 1.29 is 14.6 Å². The standard InChI is InChI=1S/C7H14O3/c1-2-9-6-3-4-7(8)10-5-6/h6-8H,2-5H2,1H3/t6-,7+/m0/s1. The van der Waals surface area contributed by atoms with Crippen LogP contribution in [0.5, 0.6) is 0 Å². The van der Waals surface area contributed by atoms with Gasteiger partial charge in [0.2, 0.25) is 0 Å². The Hall–Kier alpha value is -0.120. The van der Waals surface area contributed by atoms with Crippen molar-refractivity contribution in [2.75, 3.05) is 13.2 Å². The topological polar surface area (TPSA) is 38.7 Å². The second kappa shape index (κ2) is 3.91. The van der Waals surface area contributed by atoms with Crippen molar-refractivity contribution in [1.82, 2.24) is 0 Å². The van der Waals surface area contributed by atoms with Crippen molar-refractivity contribution in [3.05, 3.63) is 0 Å². The molecule has 0 amide bonds. The van der Waals surface area contributed by atoms with E-state index in [2.05, 4.69) is 0 Å². The summed E-state index contributed by atoms with van der Waals surface area (Å²) in [7, 11) is 0. The molecule has 2 atom stereocenters. The molecule has 1 rings (SSSR count). The molecule has 0 aromatic rings. The maximum atomic E-state index is 8.92. The molecule has 1 N–H and O–H groups in total. The van der Waals surface area contributed by atoms with Crippen molar-refractivity contribution in [1.29, 1.82) is 0 Å². The molecule has 1 aliphatic rings. The normalized spacial score (nSPS) is 34.2. The molecule has 0 aromatic carbocycles. The zero-order valence-electron chi connectivity index (χ0n) is 6.25. The summed E-state index contributed by atoms with van der Waals surface area (Å²) in [5.41, 5.74) is 0. The summed E-state index contributed by atoms with van der Waals surface area (Å²) in [6.45, 7) is 3.23. The summed E-state index contributed by atoms with van der Waals surface area (Å²) in [4.78, 5) is 0. The molecule has 3 nitrogen and oxygen atoms in total. The third-order valence-corrected chi connectivity index (χ3v) is 1.61. The van der Waals surface area contributed by atoms with Gasteiger partial charge in [0.25, 0.3) is 0 Å². The maximum absolute atomic E-state index is 8.92. The fraction of sp³-hybridized carbons (Fsp3) is 1.00. The lowest BCUT2D eigenvalue weighted by Crippen LogP contribution is -2.31. The van der Waals surface area contributed by atoms with Crippen LogP contribution in [0.25, 0.3) is 0 Å². The van der Waals surface area contributed by atoms with Crippen LogP contribution in [0.3, 0.4) is 0 Å². The van der Waals surface area contributed by atoms with Crippen molar-refractivity contribution in [3.63, 3.8) is 0 Å². The van der Waals surface area contributed by atoms with Crippen molar-refractivity contribution in [3.8, 4) is 0 Å². The maximum Gasteiger partial charge on any atom is 0.154 e. The first-order valence-corrected chi connectivity index (χ1v) is 3.74. The average Bonchev–Trinajstić information content (AvgIpc) is 1.95. The summed E-state index contributed by atoms with van der Waals surface area (Å²) < 4.78 is 10.3.